The molecule has 1 saturated carbocycles. The van der Waals surface area contributed by atoms with Gasteiger partial charge in [-0.1, -0.05) is 6.07 Å². The van der Waals surface area contributed by atoms with Crippen LogP contribution in [0.25, 0.3) is 0 Å². The van der Waals surface area contributed by atoms with Crippen molar-refractivity contribution in [3.63, 3.8) is 0 Å². The van der Waals surface area contributed by atoms with Crippen molar-refractivity contribution in [2.75, 3.05) is 23.3 Å². The molecule has 0 unspecified atom stereocenters. The Labute approximate surface area is 157 Å². The Morgan fingerprint density at radius 1 is 1.19 bits per heavy atom. The lowest BCUT2D eigenvalue weighted by molar-refractivity contribution is 0.396. The highest BCUT2D eigenvalue weighted by Gasteiger charge is 2.27. The Kier molecular flexibility index (Phi) is 4.88. The van der Waals surface area contributed by atoms with Gasteiger partial charge >= 0.3 is 0 Å². The van der Waals surface area contributed by atoms with E-state index in [1.54, 1.807) is 0 Å². The summed E-state index contributed by atoms with van der Waals surface area (Å²) in [5.74, 6) is 0.790. The molecule has 0 spiro atoms. The highest BCUT2D eigenvalue weighted by atomic mass is 19.1. The lowest BCUT2D eigenvalue weighted by Crippen LogP contribution is -2.35. The minimum absolute atomic E-state index is 0.307. The van der Waals surface area contributed by atoms with Crippen LogP contribution in [-0.4, -0.2) is 29.1 Å². The summed E-state index contributed by atoms with van der Waals surface area (Å²) in [6.07, 6.45) is 6.14. The quantitative estimate of drug-likeness (QED) is 0.871. The molecule has 0 amide bonds. The Bertz CT molecular complexity index is 867. The first-order valence-electron chi connectivity index (χ1n) is 9.35. The van der Waals surface area contributed by atoms with Gasteiger partial charge in [0.2, 0.25) is 0 Å². The van der Waals surface area contributed by atoms with E-state index in [9.17, 15) is 8.78 Å². The molecule has 7 heteroatoms. The number of hydrogen-bond donors (Lipinski definition) is 1. The van der Waals surface area contributed by atoms with Crippen LogP contribution in [0.4, 0.5) is 20.4 Å². The molecule has 140 valence electrons. The van der Waals surface area contributed by atoms with Crippen LogP contribution in [0.1, 0.15) is 36.9 Å². The SMILES string of the molecule is N#Cc1cnc(NC2CC2)c(N2CCC(Cc3ccc(F)cc3F)CC2)n1. The van der Waals surface area contributed by atoms with Gasteiger partial charge in [-0.15, -0.1) is 0 Å². The number of halogens is 2. The van der Waals surface area contributed by atoms with Gasteiger partial charge in [-0.05, 0) is 49.7 Å². The summed E-state index contributed by atoms with van der Waals surface area (Å²) in [6, 6.07) is 6.30. The summed E-state index contributed by atoms with van der Waals surface area (Å²) in [5, 5.41) is 12.5. The smallest absolute Gasteiger partial charge is 0.173 e. The van der Waals surface area contributed by atoms with Gasteiger partial charge in [0.25, 0.3) is 0 Å². The number of anilines is 2. The number of hydrogen-bond acceptors (Lipinski definition) is 5. The first-order valence-corrected chi connectivity index (χ1v) is 9.35. The third kappa shape index (κ3) is 4.16. The van der Waals surface area contributed by atoms with Crippen molar-refractivity contribution in [2.45, 2.75) is 38.1 Å². The molecule has 2 fully saturated rings. The fourth-order valence-corrected chi connectivity index (χ4v) is 3.52. The zero-order valence-electron chi connectivity index (χ0n) is 15.0. The van der Waals surface area contributed by atoms with E-state index in [4.69, 9.17) is 5.26 Å². The number of benzene rings is 1. The molecule has 0 bridgehead atoms. The highest BCUT2D eigenvalue weighted by Crippen LogP contribution is 2.32. The molecule has 2 heterocycles. The molecule has 1 N–H and O–H groups in total. The van der Waals surface area contributed by atoms with E-state index in [-0.39, 0.29) is 0 Å². The van der Waals surface area contributed by atoms with Gasteiger partial charge in [-0.25, -0.2) is 18.7 Å². The molecule has 1 aliphatic heterocycles. The summed E-state index contributed by atoms with van der Waals surface area (Å²) < 4.78 is 27.0. The van der Waals surface area contributed by atoms with Crippen molar-refractivity contribution in [2.24, 2.45) is 5.92 Å². The van der Waals surface area contributed by atoms with Crippen LogP contribution in [0.3, 0.4) is 0 Å². The van der Waals surface area contributed by atoms with Crippen LogP contribution in [-0.2, 0) is 6.42 Å². The second kappa shape index (κ2) is 7.47. The molecule has 0 radical (unpaired) electrons. The van der Waals surface area contributed by atoms with Gasteiger partial charge in [-0.3, -0.25) is 0 Å². The molecule has 5 nitrogen and oxygen atoms in total. The first kappa shape index (κ1) is 17.7. The summed E-state index contributed by atoms with van der Waals surface area (Å²) in [5.41, 5.74) is 0.874. The maximum atomic E-state index is 13.9. The molecule has 2 aliphatic rings. The van der Waals surface area contributed by atoms with E-state index in [1.165, 1.54) is 18.3 Å². The van der Waals surface area contributed by atoms with E-state index < -0.39 is 11.6 Å². The lowest BCUT2D eigenvalue weighted by atomic mass is 9.90. The fourth-order valence-electron chi connectivity index (χ4n) is 3.52. The van der Waals surface area contributed by atoms with Crippen LogP contribution in [0.15, 0.2) is 24.4 Å². The number of nitriles is 1. The van der Waals surface area contributed by atoms with Crippen LogP contribution in [0, 0.1) is 28.9 Å². The normalized spacial score (nSPS) is 17.6. The molecular formula is C20H21F2N5. The second-order valence-corrected chi connectivity index (χ2v) is 7.33. The second-order valence-electron chi connectivity index (χ2n) is 7.33. The minimum Gasteiger partial charge on any atom is -0.364 e. The Morgan fingerprint density at radius 2 is 1.96 bits per heavy atom. The van der Waals surface area contributed by atoms with Gasteiger partial charge in [0.15, 0.2) is 17.3 Å². The molecule has 0 atom stereocenters. The fraction of sp³-hybridized carbons (Fsp3) is 0.450. The van der Waals surface area contributed by atoms with E-state index in [1.807, 2.05) is 0 Å². The van der Waals surface area contributed by atoms with Crippen LogP contribution >= 0.6 is 0 Å². The molecule has 1 aromatic carbocycles. The Morgan fingerprint density at radius 3 is 2.63 bits per heavy atom. The zero-order chi connectivity index (χ0) is 18.8. The van der Waals surface area contributed by atoms with Crippen LogP contribution in [0.5, 0.6) is 0 Å². The summed E-state index contributed by atoms with van der Waals surface area (Å²) in [7, 11) is 0. The number of aromatic nitrogens is 2. The average molecular weight is 369 g/mol. The predicted molar refractivity (Wildman–Crippen MR) is 98.4 cm³/mol. The maximum Gasteiger partial charge on any atom is 0.173 e. The average Bonchev–Trinajstić information content (AvgIpc) is 3.49. The summed E-state index contributed by atoms with van der Waals surface area (Å²) >= 11 is 0. The van der Waals surface area contributed by atoms with Crippen LogP contribution < -0.4 is 10.2 Å². The largest absolute Gasteiger partial charge is 0.364 e. The van der Waals surface area contributed by atoms with Crippen molar-refractivity contribution in [3.8, 4) is 6.07 Å². The monoisotopic (exact) mass is 369 g/mol. The molecule has 1 aliphatic carbocycles. The number of nitrogens with one attached hydrogen (secondary N) is 1. The highest BCUT2D eigenvalue weighted by molar-refractivity contribution is 5.62. The van der Waals surface area contributed by atoms with Crippen molar-refractivity contribution in [3.05, 3.63) is 47.3 Å². The number of rotatable bonds is 5. The van der Waals surface area contributed by atoms with E-state index in [0.29, 0.717) is 29.6 Å². The standard InChI is InChI=1S/C20H21F2N5/c21-15-2-1-14(18(22)10-15)9-13-5-7-27(8-6-13)20-19(25-16-3-4-16)24-12-17(11-23)26-20/h1-2,10,12-13,16H,3-9H2,(H,24,25). The van der Waals surface area contributed by atoms with E-state index in [2.05, 4.69) is 26.3 Å². The van der Waals surface area contributed by atoms with Crippen molar-refractivity contribution >= 4 is 11.6 Å². The van der Waals surface area contributed by atoms with E-state index >= 15 is 0 Å². The van der Waals surface area contributed by atoms with Crippen molar-refractivity contribution in [1.29, 1.82) is 5.26 Å². The molecule has 2 aromatic rings. The summed E-state index contributed by atoms with van der Waals surface area (Å²) in [4.78, 5) is 11.0. The Hall–Kier alpha value is -2.75. The molecule has 27 heavy (non-hydrogen) atoms. The van der Waals surface area contributed by atoms with Crippen LogP contribution in [0.2, 0.25) is 0 Å². The summed E-state index contributed by atoms with van der Waals surface area (Å²) in [6.45, 7) is 1.55. The third-order valence-electron chi connectivity index (χ3n) is 5.22. The molecule has 4 rings (SSSR count). The molecular weight excluding hydrogens is 348 g/mol. The molecule has 1 saturated heterocycles. The number of nitrogens with zero attached hydrogens (tertiary/aromatic N) is 4. The lowest BCUT2D eigenvalue weighted by Gasteiger charge is -2.33. The van der Waals surface area contributed by atoms with Gasteiger partial charge in [0.05, 0.1) is 6.20 Å². The van der Waals surface area contributed by atoms with Gasteiger partial charge in [0, 0.05) is 25.2 Å². The zero-order valence-corrected chi connectivity index (χ0v) is 15.0. The van der Waals surface area contributed by atoms with Crippen molar-refractivity contribution in [1.82, 2.24) is 9.97 Å². The number of piperidine rings is 1. The minimum atomic E-state index is -0.544. The van der Waals surface area contributed by atoms with Gasteiger partial charge < -0.3 is 10.2 Å². The van der Waals surface area contributed by atoms with E-state index in [0.717, 1.165) is 56.5 Å². The third-order valence-corrected chi connectivity index (χ3v) is 5.22. The van der Waals surface area contributed by atoms with Gasteiger partial charge in [0.1, 0.15) is 17.7 Å². The van der Waals surface area contributed by atoms with Crippen molar-refractivity contribution < 1.29 is 8.78 Å². The molecule has 1 aromatic heterocycles. The topological polar surface area (TPSA) is 64.8 Å². The first-order chi connectivity index (χ1) is 13.1. The predicted octanol–water partition coefficient (Wildman–Crippen LogP) is 3.66. The Balaban J connectivity index is 1.43. The maximum absolute atomic E-state index is 13.9. The van der Waals surface area contributed by atoms with Gasteiger partial charge in [-0.2, -0.15) is 5.26 Å².